The van der Waals surface area contributed by atoms with Crippen LogP contribution in [0.2, 0.25) is 0 Å². The summed E-state index contributed by atoms with van der Waals surface area (Å²) in [5.74, 6) is 0.271. The summed E-state index contributed by atoms with van der Waals surface area (Å²) < 4.78 is 0.628. The molecule has 0 aliphatic rings. The minimum absolute atomic E-state index is 0.270. The number of aryl methyl sites for hydroxylation is 2. The summed E-state index contributed by atoms with van der Waals surface area (Å²) in [6, 6.07) is 8.96. The molecule has 0 aliphatic heterocycles. The van der Waals surface area contributed by atoms with E-state index in [9.17, 15) is 4.79 Å². The Morgan fingerprint density at radius 3 is 2.67 bits per heavy atom. The average Bonchev–Trinajstić information content (AvgIpc) is 2.27. The molecule has 0 saturated heterocycles. The van der Waals surface area contributed by atoms with Gasteiger partial charge in [0.05, 0.1) is 0 Å². The maximum Gasteiger partial charge on any atom is 0.275 e. The molecule has 0 saturated carbocycles. The van der Waals surface area contributed by atoms with E-state index in [1.807, 2.05) is 26.0 Å². The van der Waals surface area contributed by atoms with Crippen molar-refractivity contribution in [1.82, 2.24) is 9.97 Å². The number of halogens is 1. The number of carbonyl (C=O) groups is 1. The molecule has 0 fully saturated rings. The summed E-state index contributed by atoms with van der Waals surface area (Å²) in [4.78, 5) is 20.3. The topological polar surface area (TPSA) is 54.9 Å². The highest BCUT2D eigenvalue weighted by molar-refractivity contribution is 9.10. The fourth-order valence-corrected chi connectivity index (χ4v) is 1.96. The van der Waals surface area contributed by atoms with Gasteiger partial charge in [-0.2, -0.15) is 0 Å². The highest BCUT2D eigenvalue weighted by Gasteiger charge is 2.09. The number of anilines is 1. The van der Waals surface area contributed by atoms with Crippen molar-refractivity contribution in [1.29, 1.82) is 0 Å². The van der Waals surface area contributed by atoms with Gasteiger partial charge in [0.15, 0.2) is 0 Å². The number of hydrogen-bond donors (Lipinski definition) is 1. The summed E-state index contributed by atoms with van der Waals surface area (Å²) in [5, 5.41) is 2.73. The van der Waals surface area contributed by atoms with E-state index < -0.39 is 0 Å². The summed E-state index contributed by atoms with van der Waals surface area (Å²) in [7, 11) is 0. The van der Waals surface area contributed by atoms with Crippen molar-refractivity contribution >= 4 is 27.7 Å². The molecule has 0 spiro atoms. The van der Waals surface area contributed by atoms with Gasteiger partial charge in [-0.1, -0.05) is 6.07 Å². The number of pyridine rings is 2. The van der Waals surface area contributed by atoms with Crippen LogP contribution in [0, 0.1) is 13.8 Å². The molecule has 0 atom stereocenters. The normalized spacial score (nSPS) is 10.2. The molecule has 0 aliphatic carbocycles. The first kappa shape index (κ1) is 12.7. The number of nitrogens with zero attached hydrogens (tertiary/aromatic N) is 2. The lowest BCUT2D eigenvalue weighted by Crippen LogP contribution is -2.15. The van der Waals surface area contributed by atoms with Gasteiger partial charge in [-0.05, 0) is 59.6 Å². The highest BCUT2D eigenvalue weighted by Crippen LogP contribution is 2.11. The van der Waals surface area contributed by atoms with Gasteiger partial charge in [-0.3, -0.25) is 4.79 Å². The first-order chi connectivity index (χ1) is 8.54. The van der Waals surface area contributed by atoms with Crippen LogP contribution in [0.15, 0.2) is 34.9 Å². The second kappa shape index (κ2) is 5.27. The van der Waals surface area contributed by atoms with Crippen molar-refractivity contribution in [2.24, 2.45) is 0 Å². The van der Waals surface area contributed by atoms with Crippen LogP contribution in [0.3, 0.4) is 0 Å². The molecule has 1 amide bonds. The van der Waals surface area contributed by atoms with E-state index in [-0.39, 0.29) is 5.91 Å². The molecule has 0 aromatic carbocycles. The van der Waals surface area contributed by atoms with Crippen LogP contribution in [0.25, 0.3) is 0 Å². The van der Waals surface area contributed by atoms with Crippen molar-refractivity contribution in [2.45, 2.75) is 13.8 Å². The zero-order chi connectivity index (χ0) is 13.1. The standard InChI is InChI=1S/C13H12BrN3O/c1-8-6-9(2)15-12(7-8)17-13(18)10-4-3-5-11(14)16-10/h3-7H,1-2H3,(H,15,17,18). The zero-order valence-corrected chi connectivity index (χ0v) is 11.7. The Balaban J connectivity index is 2.21. The van der Waals surface area contributed by atoms with E-state index in [4.69, 9.17) is 0 Å². The largest absolute Gasteiger partial charge is 0.305 e. The Bertz CT molecular complexity index is 578. The summed E-state index contributed by atoms with van der Waals surface area (Å²) >= 11 is 3.23. The van der Waals surface area contributed by atoms with Crippen molar-refractivity contribution in [2.75, 3.05) is 5.32 Å². The summed E-state index contributed by atoms with van der Waals surface area (Å²) in [6.45, 7) is 3.85. The second-order valence-electron chi connectivity index (χ2n) is 3.97. The van der Waals surface area contributed by atoms with Crippen molar-refractivity contribution in [3.8, 4) is 0 Å². The SMILES string of the molecule is Cc1cc(C)nc(NC(=O)c2cccc(Br)n2)c1. The number of carbonyl (C=O) groups excluding carboxylic acids is 1. The lowest BCUT2D eigenvalue weighted by atomic mass is 10.2. The number of aromatic nitrogens is 2. The van der Waals surface area contributed by atoms with Gasteiger partial charge in [0.1, 0.15) is 16.1 Å². The smallest absolute Gasteiger partial charge is 0.275 e. The van der Waals surface area contributed by atoms with E-state index in [0.717, 1.165) is 11.3 Å². The first-order valence-electron chi connectivity index (χ1n) is 5.44. The number of nitrogens with one attached hydrogen (secondary N) is 1. The predicted octanol–water partition coefficient (Wildman–Crippen LogP) is 3.11. The van der Waals surface area contributed by atoms with E-state index in [1.165, 1.54) is 0 Å². The quantitative estimate of drug-likeness (QED) is 0.867. The zero-order valence-electron chi connectivity index (χ0n) is 10.1. The summed E-state index contributed by atoms with van der Waals surface area (Å²) in [5.41, 5.74) is 2.28. The molecule has 92 valence electrons. The molecular weight excluding hydrogens is 294 g/mol. The first-order valence-corrected chi connectivity index (χ1v) is 6.23. The third kappa shape index (κ3) is 3.13. The van der Waals surface area contributed by atoms with Crippen LogP contribution < -0.4 is 5.32 Å². The Morgan fingerprint density at radius 2 is 2.00 bits per heavy atom. The Kier molecular flexibility index (Phi) is 3.72. The Labute approximate surface area is 114 Å². The van der Waals surface area contributed by atoms with Gasteiger partial charge in [0, 0.05) is 5.69 Å². The molecule has 0 unspecified atom stereocenters. The van der Waals surface area contributed by atoms with Crippen LogP contribution in [0.5, 0.6) is 0 Å². The predicted molar refractivity (Wildman–Crippen MR) is 73.6 cm³/mol. The van der Waals surface area contributed by atoms with Crippen LogP contribution in [-0.2, 0) is 0 Å². The van der Waals surface area contributed by atoms with E-state index in [1.54, 1.807) is 18.2 Å². The number of hydrogen-bond acceptors (Lipinski definition) is 3. The third-order valence-electron chi connectivity index (χ3n) is 2.29. The van der Waals surface area contributed by atoms with Crippen LogP contribution in [0.1, 0.15) is 21.7 Å². The summed E-state index contributed by atoms with van der Waals surface area (Å²) in [6.07, 6.45) is 0. The van der Waals surface area contributed by atoms with E-state index >= 15 is 0 Å². The van der Waals surface area contributed by atoms with Crippen molar-refractivity contribution in [3.63, 3.8) is 0 Å². The van der Waals surface area contributed by atoms with Gasteiger partial charge in [0.25, 0.3) is 5.91 Å². The molecule has 0 bridgehead atoms. The van der Waals surface area contributed by atoms with Crippen LogP contribution in [0.4, 0.5) is 5.82 Å². The second-order valence-corrected chi connectivity index (χ2v) is 4.78. The molecule has 0 radical (unpaired) electrons. The molecular formula is C13H12BrN3O. The highest BCUT2D eigenvalue weighted by atomic mass is 79.9. The lowest BCUT2D eigenvalue weighted by Gasteiger charge is -2.06. The van der Waals surface area contributed by atoms with Gasteiger partial charge in [-0.25, -0.2) is 9.97 Å². The molecule has 18 heavy (non-hydrogen) atoms. The molecule has 2 rings (SSSR count). The lowest BCUT2D eigenvalue weighted by molar-refractivity contribution is 0.102. The van der Waals surface area contributed by atoms with Crippen LogP contribution >= 0.6 is 15.9 Å². The molecule has 2 aromatic heterocycles. The van der Waals surface area contributed by atoms with Crippen molar-refractivity contribution < 1.29 is 4.79 Å². The van der Waals surface area contributed by atoms with Gasteiger partial charge >= 0.3 is 0 Å². The molecule has 5 heteroatoms. The minimum atomic E-state index is -0.270. The Morgan fingerprint density at radius 1 is 1.22 bits per heavy atom. The number of rotatable bonds is 2. The fourth-order valence-electron chi connectivity index (χ4n) is 1.62. The fraction of sp³-hybridized carbons (Fsp3) is 0.154. The molecule has 2 heterocycles. The van der Waals surface area contributed by atoms with Gasteiger partial charge < -0.3 is 5.32 Å². The Hall–Kier alpha value is -1.75. The molecule has 4 nitrogen and oxygen atoms in total. The maximum absolute atomic E-state index is 12.0. The molecule has 2 aromatic rings. The van der Waals surface area contributed by atoms with E-state index in [0.29, 0.717) is 16.1 Å². The monoisotopic (exact) mass is 305 g/mol. The maximum atomic E-state index is 12.0. The molecule has 1 N–H and O–H groups in total. The van der Waals surface area contributed by atoms with Crippen molar-refractivity contribution in [3.05, 3.63) is 51.9 Å². The number of amides is 1. The third-order valence-corrected chi connectivity index (χ3v) is 2.73. The van der Waals surface area contributed by atoms with E-state index in [2.05, 4.69) is 31.2 Å². The van der Waals surface area contributed by atoms with Crippen LogP contribution in [-0.4, -0.2) is 15.9 Å². The minimum Gasteiger partial charge on any atom is -0.305 e. The van der Waals surface area contributed by atoms with Gasteiger partial charge in [0.2, 0.25) is 0 Å². The average molecular weight is 306 g/mol. The van der Waals surface area contributed by atoms with Gasteiger partial charge in [-0.15, -0.1) is 0 Å².